The number of carbonyl (C=O) groups excluding carboxylic acids is 1. The Morgan fingerprint density at radius 3 is 2.65 bits per heavy atom. The predicted molar refractivity (Wildman–Crippen MR) is 119 cm³/mol. The van der Waals surface area contributed by atoms with Crippen LogP contribution in [0.2, 0.25) is 0 Å². The number of aromatic nitrogens is 4. The highest BCUT2D eigenvalue weighted by molar-refractivity contribution is 5.76. The number of aryl methyl sites for hydroxylation is 2. The Morgan fingerprint density at radius 1 is 1.06 bits per heavy atom. The molecule has 1 amide bonds. The highest BCUT2D eigenvalue weighted by Crippen LogP contribution is 2.23. The molecule has 0 aliphatic carbocycles. The van der Waals surface area contributed by atoms with Crippen molar-refractivity contribution >= 4 is 11.7 Å². The third-order valence-corrected chi connectivity index (χ3v) is 5.31. The van der Waals surface area contributed by atoms with E-state index in [0.717, 1.165) is 33.8 Å². The van der Waals surface area contributed by atoms with Crippen molar-refractivity contribution in [3.63, 3.8) is 0 Å². The molecule has 0 bridgehead atoms. The zero-order valence-electron chi connectivity index (χ0n) is 17.9. The minimum absolute atomic E-state index is 0.0124. The SMILES string of the molecule is COc1cccc(-c2nc3nc(C)c(CCC(=O)NCc4ccccc4)c(C)n3n2)c1. The second kappa shape index (κ2) is 8.95. The van der Waals surface area contributed by atoms with Gasteiger partial charge in [-0.1, -0.05) is 42.5 Å². The number of nitrogens with zero attached hydrogens (tertiary/aromatic N) is 4. The van der Waals surface area contributed by atoms with Crippen molar-refractivity contribution in [2.45, 2.75) is 33.2 Å². The zero-order valence-corrected chi connectivity index (χ0v) is 17.9. The van der Waals surface area contributed by atoms with E-state index in [1.54, 1.807) is 11.6 Å². The molecule has 0 fully saturated rings. The van der Waals surface area contributed by atoms with E-state index in [2.05, 4.69) is 20.4 Å². The molecule has 7 nitrogen and oxygen atoms in total. The minimum Gasteiger partial charge on any atom is -0.497 e. The van der Waals surface area contributed by atoms with Crippen LogP contribution in [0.25, 0.3) is 17.2 Å². The first kappa shape index (κ1) is 20.5. The van der Waals surface area contributed by atoms with Crippen molar-refractivity contribution < 1.29 is 9.53 Å². The van der Waals surface area contributed by atoms with Crippen molar-refractivity contribution in [1.82, 2.24) is 24.9 Å². The van der Waals surface area contributed by atoms with E-state index < -0.39 is 0 Å². The number of fused-ring (bicyclic) bond motifs is 1. The Kier molecular flexibility index (Phi) is 5.93. The van der Waals surface area contributed by atoms with Gasteiger partial charge in [-0.2, -0.15) is 4.98 Å². The summed E-state index contributed by atoms with van der Waals surface area (Å²) in [5.74, 6) is 1.90. The lowest BCUT2D eigenvalue weighted by atomic mass is 10.1. The van der Waals surface area contributed by atoms with E-state index in [4.69, 9.17) is 4.74 Å². The molecule has 0 spiro atoms. The zero-order chi connectivity index (χ0) is 21.8. The molecule has 0 saturated carbocycles. The first-order valence-corrected chi connectivity index (χ1v) is 10.2. The van der Waals surface area contributed by atoms with E-state index >= 15 is 0 Å². The normalized spacial score (nSPS) is 10.9. The molecule has 158 valence electrons. The van der Waals surface area contributed by atoms with Gasteiger partial charge in [0.05, 0.1) is 7.11 Å². The Bertz CT molecular complexity index is 1220. The standard InChI is InChI=1S/C24H25N5O2/c1-16-21(12-13-22(30)25-15-18-8-5-4-6-9-18)17(2)29-24(26-16)27-23(28-29)19-10-7-11-20(14-19)31-3/h4-11,14H,12-13,15H2,1-3H3,(H,25,30). The van der Waals surface area contributed by atoms with E-state index in [9.17, 15) is 4.79 Å². The number of hydrogen-bond donors (Lipinski definition) is 1. The maximum Gasteiger partial charge on any atom is 0.253 e. The topological polar surface area (TPSA) is 81.4 Å². The number of hydrogen-bond acceptors (Lipinski definition) is 5. The Balaban J connectivity index is 1.51. The van der Waals surface area contributed by atoms with Crippen LogP contribution in [0.1, 0.15) is 28.9 Å². The molecule has 2 aromatic heterocycles. The fourth-order valence-electron chi connectivity index (χ4n) is 3.58. The molecule has 0 aliphatic rings. The van der Waals surface area contributed by atoms with Gasteiger partial charge in [-0.15, -0.1) is 5.10 Å². The number of carbonyl (C=O) groups is 1. The minimum atomic E-state index is 0.0124. The van der Waals surface area contributed by atoms with Gasteiger partial charge in [0, 0.05) is 29.9 Å². The highest BCUT2D eigenvalue weighted by atomic mass is 16.5. The maximum absolute atomic E-state index is 12.3. The molecular formula is C24H25N5O2. The van der Waals surface area contributed by atoms with E-state index in [1.807, 2.05) is 68.4 Å². The lowest BCUT2D eigenvalue weighted by molar-refractivity contribution is -0.121. The number of nitrogens with one attached hydrogen (secondary N) is 1. The second-order valence-corrected chi connectivity index (χ2v) is 7.40. The number of ether oxygens (including phenoxy) is 1. The second-order valence-electron chi connectivity index (χ2n) is 7.40. The molecule has 0 saturated heterocycles. The molecule has 1 N–H and O–H groups in total. The molecule has 0 atom stereocenters. The van der Waals surface area contributed by atoms with Crippen molar-refractivity contribution in [1.29, 1.82) is 0 Å². The Morgan fingerprint density at radius 2 is 1.87 bits per heavy atom. The van der Waals surface area contributed by atoms with Crippen molar-refractivity contribution in [3.05, 3.63) is 77.1 Å². The van der Waals surface area contributed by atoms with E-state index in [0.29, 0.717) is 31.0 Å². The largest absolute Gasteiger partial charge is 0.497 e. The van der Waals surface area contributed by atoms with Gasteiger partial charge >= 0.3 is 0 Å². The summed E-state index contributed by atoms with van der Waals surface area (Å²) in [5, 5.41) is 7.63. The van der Waals surface area contributed by atoms with Gasteiger partial charge in [0.25, 0.3) is 5.78 Å². The summed E-state index contributed by atoms with van der Waals surface area (Å²) in [4.78, 5) is 21.6. The average Bonchev–Trinajstić information content (AvgIpc) is 3.22. The van der Waals surface area contributed by atoms with Crippen molar-refractivity contribution in [2.24, 2.45) is 0 Å². The first-order chi connectivity index (χ1) is 15.0. The van der Waals surface area contributed by atoms with Crippen LogP contribution in [-0.2, 0) is 17.8 Å². The number of methoxy groups -OCH3 is 1. The fraction of sp³-hybridized carbons (Fsp3) is 0.250. The van der Waals surface area contributed by atoms with Gasteiger partial charge in [0.15, 0.2) is 5.82 Å². The maximum atomic E-state index is 12.3. The van der Waals surface area contributed by atoms with Crippen LogP contribution >= 0.6 is 0 Å². The molecule has 4 aromatic rings. The van der Waals surface area contributed by atoms with E-state index in [-0.39, 0.29) is 5.91 Å². The van der Waals surface area contributed by atoms with Gasteiger partial charge in [-0.05, 0) is 43.5 Å². The molecule has 31 heavy (non-hydrogen) atoms. The fourth-order valence-corrected chi connectivity index (χ4v) is 3.58. The van der Waals surface area contributed by atoms with Gasteiger partial charge in [0.1, 0.15) is 5.75 Å². The van der Waals surface area contributed by atoms with Gasteiger partial charge in [-0.25, -0.2) is 9.50 Å². The van der Waals surface area contributed by atoms with Crippen LogP contribution in [0.4, 0.5) is 0 Å². The summed E-state index contributed by atoms with van der Waals surface area (Å²) in [5.41, 5.74) is 4.78. The van der Waals surface area contributed by atoms with Gasteiger partial charge < -0.3 is 10.1 Å². The lowest BCUT2D eigenvalue weighted by Crippen LogP contribution is -2.23. The molecule has 0 radical (unpaired) electrons. The van der Waals surface area contributed by atoms with E-state index in [1.165, 1.54) is 0 Å². The number of benzene rings is 2. The van der Waals surface area contributed by atoms with Crippen LogP contribution in [0.5, 0.6) is 5.75 Å². The average molecular weight is 415 g/mol. The quantitative estimate of drug-likeness (QED) is 0.498. The first-order valence-electron chi connectivity index (χ1n) is 10.2. The summed E-state index contributed by atoms with van der Waals surface area (Å²) in [6.45, 7) is 4.47. The van der Waals surface area contributed by atoms with Crippen LogP contribution < -0.4 is 10.1 Å². The van der Waals surface area contributed by atoms with Gasteiger partial charge in [-0.3, -0.25) is 4.79 Å². The lowest BCUT2D eigenvalue weighted by Gasteiger charge is -2.10. The monoisotopic (exact) mass is 415 g/mol. The number of rotatable bonds is 7. The summed E-state index contributed by atoms with van der Waals surface area (Å²) in [7, 11) is 1.63. The molecule has 0 aliphatic heterocycles. The van der Waals surface area contributed by atoms with Crippen LogP contribution in [0, 0.1) is 13.8 Å². The van der Waals surface area contributed by atoms with Crippen LogP contribution in [0.15, 0.2) is 54.6 Å². The molecule has 2 aromatic carbocycles. The summed E-state index contributed by atoms with van der Waals surface area (Å²) in [6.07, 6.45) is 0.981. The predicted octanol–water partition coefficient (Wildman–Crippen LogP) is 3.67. The smallest absolute Gasteiger partial charge is 0.253 e. The van der Waals surface area contributed by atoms with Gasteiger partial charge in [0.2, 0.25) is 5.91 Å². The third-order valence-electron chi connectivity index (χ3n) is 5.31. The molecule has 2 heterocycles. The number of amides is 1. The molecule has 7 heteroatoms. The van der Waals surface area contributed by atoms with Crippen LogP contribution in [-0.4, -0.2) is 32.6 Å². The molecule has 4 rings (SSSR count). The molecule has 0 unspecified atom stereocenters. The summed E-state index contributed by atoms with van der Waals surface area (Å²) in [6, 6.07) is 17.5. The van der Waals surface area contributed by atoms with Crippen LogP contribution in [0.3, 0.4) is 0 Å². The summed E-state index contributed by atoms with van der Waals surface area (Å²) < 4.78 is 7.05. The van der Waals surface area contributed by atoms with Crippen molar-refractivity contribution in [3.8, 4) is 17.1 Å². The Hall–Kier alpha value is -3.74. The van der Waals surface area contributed by atoms with Crippen molar-refractivity contribution in [2.75, 3.05) is 7.11 Å². The third kappa shape index (κ3) is 4.55. The summed E-state index contributed by atoms with van der Waals surface area (Å²) >= 11 is 0. The molecular weight excluding hydrogens is 390 g/mol. The Labute approximate surface area is 181 Å². The highest BCUT2D eigenvalue weighted by Gasteiger charge is 2.15.